The molecule has 3 rings (SSSR count). The minimum Gasteiger partial charge on any atom is -0.480 e. The number of benzene rings is 2. The zero-order valence-electron chi connectivity index (χ0n) is 15.7. The summed E-state index contributed by atoms with van der Waals surface area (Å²) in [5.74, 6) is -0.963. The van der Waals surface area contributed by atoms with E-state index in [0.717, 1.165) is 34.9 Å². The summed E-state index contributed by atoms with van der Waals surface area (Å²) < 4.78 is 5.27. The van der Waals surface area contributed by atoms with Crippen molar-refractivity contribution in [1.29, 1.82) is 0 Å². The number of thioether (sulfide) groups is 1. The summed E-state index contributed by atoms with van der Waals surface area (Å²) in [6.45, 7) is -0.350. The number of carboxylic acids is 1. The molecule has 0 heterocycles. The molecule has 1 amide bonds. The molecule has 0 saturated carbocycles. The Kier molecular flexibility index (Phi) is 7.13. The van der Waals surface area contributed by atoms with Gasteiger partial charge in [0, 0.05) is 11.5 Å². The number of carboxylic acid groups (broad SMARTS) is 1. The fraction of sp³-hybridized carbons (Fsp3) is 0.333. The van der Waals surface area contributed by atoms with Gasteiger partial charge in [0.1, 0.15) is 12.6 Å². The summed E-state index contributed by atoms with van der Waals surface area (Å²) in [6, 6.07) is 12.9. The standard InChI is InChI=1S/C21H23NO6S/c23-9-15(24)11-29-12-19(20(25)26)22-21(27)28-10-14-5-3-7-17-16-6-2-1-4-13(16)8-18(14)17/h1-7,15,19,23-24H,8-12H2,(H,22,27)(H,25,26)/t15?,19-/m0/s1. The van der Waals surface area contributed by atoms with Crippen molar-refractivity contribution >= 4 is 23.8 Å². The second kappa shape index (κ2) is 9.78. The van der Waals surface area contributed by atoms with E-state index < -0.39 is 30.8 Å². The largest absolute Gasteiger partial charge is 0.480 e. The Balaban J connectivity index is 1.56. The monoisotopic (exact) mass is 417 g/mol. The molecule has 7 nitrogen and oxygen atoms in total. The first-order valence-corrected chi connectivity index (χ1v) is 10.4. The quantitative estimate of drug-likeness (QED) is 0.421. The highest BCUT2D eigenvalue weighted by Crippen LogP contribution is 2.38. The van der Waals surface area contributed by atoms with E-state index in [4.69, 9.17) is 9.84 Å². The number of alkyl carbamates (subject to hydrolysis) is 1. The molecule has 0 spiro atoms. The predicted molar refractivity (Wildman–Crippen MR) is 110 cm³/mol. The number of carbonyl (C=O) groups is 2. The van der Waals surface area contributed by atoms with Crippen molar-refractivity contribution in [2.45, 2.75) is 25.2 Å². The molecule has 1 aliphatic rings. The Morgan fingerprint density at radius 1 is 1.10 bits per heavy atom. The van der Waals surface area contributed by atoms with Crippen LogP contribution in [0.5, 0.6) is 0 Å². The van der Waals surface area contributed by atoms with Gasteiger partial charge in [-0.1, -0.05) is 42.5 Å². The van der Waals surface area contributed by atoms with Crippen molar-refractivity contribution in [1.82, 2.24) is 5.32 Å². The van der Waals surface area contributed by atoms with Crippen molar-refractivity contribution in [3.63, 3.8) is 0 Å². The number of aliphatic hydroxyl groups is 2. The first kappa shape index (κ1) is 21.2. The molecule has 2 aromatic rings. The summed E-state index contributed by atoms with van der Waals surface area (Å²) in [4.78, 5) is 23.4. The number of aliphatic carboxylic acids is 1. The molecule has 4 N–H and O–H groups in total. The number of nitrogens with one attached hydrogen (secondary N) is 1. The van der Waals surface area contributed by atoms with E-state index in [2.05, 4.69) is 17.4 Å². The van der Waals surface area contributed by atoms with E-state index in [1.165, 1.54) is 11.1 Å². The molecule has 29 heavy (non-hydrogen) atoms. The molecule has 8 heteroatoms. The lowest BCUT2D eigenvalue weighted by Crippen LogP contribution is -2.43. The Morgan fingerprint density at radius 2 is 1.86 bits per heavy atom. The molecule has 2 atom stereocenters. The second-order valence-electron chi connectivity index (χ2n) is 6.76. The summed E-state index contributed by atoms with van der Waals surface area (Å²) in [5.41, 5.74) is 5.55. The maximum absolute atomic E-state index is 12.1. The van der Waals surface area contributed by atoms with Crippen LogP contribution >= 0.6 is 11.8 Å². The minimum atomic E-state index is -1.19. The normalized spacial score (nSPS) is 13.9. The highest BCUT2D eigenvalue weighted by molar-refractivity contribution is 7.99. The molecule has 1 aliphatic carbocycles. The lowest BCUT2D eigenvalue weighted by molar-refractivity contribution is -0.138. The van der Waals surface area contributed by atoms with Crippen molar-refractivity contribution in [2.24, 2.45) is 0 Å². The molecule has 1 unspecified atom stereocenters. The Bertz CT molecular complexity index is 887. The van der Waals surface area contributed by atoms with Gasteiger partial charge in [-0.05, 0) is 34.2 Å². The molecular formula is C21H23NO6S. The van der Waals surface area contributed by atoms with Gasteiger partial charge in [-0.2, -0.15) is 11.8 Å². The average Bonchev–Trinajstić information content (AvgIpc) is 3.10. The number of fused-ring (bicyclic) bond motifs is 3. The van der Waals surface area contributed by atoms with E-state index >= 15 is 0 Å². The summed E-state index contributed by atoms with van der Waals surface area (Å²) >= 11 is 1.13. The van der Waals surface area contributed by atoms with Crippen LogP contribution < -0.4 is 5.32 Å². The molecule has 0 bridgehead atoms. The van der Waals surface area contributed by atoms with Crippen LogP contribution in [0.15, 0.2) is 42.5 Å². The van der Waals surface area contributed by atoms with E-state index in [1.54, 1.807) is 0 Å². The highest BCUT2D eigenvalue weighted by Gasteiger charge is 2.23. The van der Waals surface area contributed by atoms with Gasteiger partial charge in [0.05, 0.1) is 12.7 Å². The second-order valence-corrected chi connectivity index (χ2v) is 7.84. The van der Waals surface area contributed by atoms with Gasteiger partial charge in [0.2, 0.25) is 0 Å². The Labute approximate surface area is 172 Å². The van der Waals surface area contributed by atoms with Crippen LogP contribution in [0.4, 0.5) is 4.79 Å². The third-order valence-corrected chi connectivity index (χ3v) is 5.89. The lowest BCUT2D eigenvalue weighted by atomic mass is 10.0. The molecule has 0 saturated heterocycles. The summed E-state index contributed by atoms with van der Waals surface area (Å²) in [7, 11) is 0. The predicted octanol–water partition coefficient (Wildman–Crippen LogP) is 2.02. The number of rotatable bonds is 9. The maximum Gasteiger partial charge on any atom is 0.408 e. The van der Waals surface area contributed by atoms with E-state index in [9.17, 15) is 19.8 Å². The topological polar surface area (TPSA) is 116 Å². The fourth-order valence-corrected chi connectivity index (χ4v) is 4.21. The number of ether oxygens (including phenoxy) is 1. The Hall–Kier alpha value is -2.55. The van der Waals surface area contributed by atoms with Gasteiger partial charge in [-0.3, -0.25) is 0 Å². The van der Waals surface area contributed by atoms with Crippen molar-refractivity contribution in [3.8, 4) is 11.1 Å². The molecule has 0 radical (unpaired) electrons. The summed E-state index contributed by atoms with van der Waals surface area (Å²) in [6.07, 6.45) is -0.965. The van der Waals surface area contributed by atoms with Crippen LogP contribution in [0.3, 0.4) is 0 Å². The van der Waals surface area contributed by atoms with E-state index in [1.807, 2.05) is 30.3 Å². The van der Waals surface area contributed by atoms with E-state index in [-0.39, 0.29) is 18.1 Å². The van der Waals surface area contributed by atoms with Gasteiger partial charge in [0.15, 0.2) is 0 Å². The van der Waals surface area contributed by atoms with Gasteiger partial charge in [-0.25, -0.2) is 9.59 Å². The van der Waals surface area contributed by atoms with Gasteiger partial charge >= 0.3 is 12.1 Å². The number of amides is 1. The van der Waals surface area contributed by atoms with Crippen LogP contribution in [0.1, 0.15) is 16.7 Å². The van der Waals surface area contributed by atoms with Gasteiger partial charge in [0.25, 0.3) is 0 Å². The zero-order chi connectivity index (χ0) is 20.8. The van der Waals surface area contributed by atoms with Gasteiger partial charge < -0.3 is 25.4 Å². The zero-order valence-corrected chi connectivity index (χ0v) is 16.5. The fourth-order valence-electron chi connectivity index (χ4n) is 3.24. The highest BCUT2D eigenvalue weighted by atomic mass is 32.2. The van der Waals surface area contributed by atoms with Crippen LogP contribution in [0.25, 0.3) is 11.1 Å². The SMILES string of the molecule is O=C(N[C@@H](CSCC(O)CO)C(=O)O)OCc1cccc2c1Cc1ccccc1-2. The van der Waals surface area contributed by atoms with Crippen molar-refractivity contribution < 1.29 is 29.6 Å². The first-order valence-electron chi connectivity index (χ1n) is 9.21. The maximum atomic E-state index is 12.1. The van der Waals surface area contributed by atoms with Gasteiger partial charge in [-0.15, -0.1) is 0 Å². The smallest absolute Gasteiger partial charge is 0.408 e. The minimum absolute atomic E-state index is 0.0473. The number of carbonyl (C=O) groups excluding carboxylic acids is 1. The number of hydrogen-bond acceptors (Lipinski definition) is 6. The molecule has 0 aliphatic heterocycles. The third-order valence-electron chi connectivity index (χ3n) is 4.70. The van der Waals surface area contributed by atoms with Crippen LogP contribution in [0, 0.1) is 0 Å². The molecule has 0 aromatic heterocycles. The van der Waals surface area contributed by atoms with Crippen LogP contribution in [-0.4, -0.2) is 57.6 Å². The first-order chi connectivity index (χ1) is 14.0. The van der Waals surface area contributed by atoms with Crippen LogP contribution in [-0.2, 0) is 22.6 Å². The molecular weight excluding hydrogens is 394 g/mol. The van der Waals surface area contributed by atoms with Crippen LogP contribution in [0.2, 0.25) is 0 Å². The summed E-state index contributed by atoms with van der Waals surface area (Å²) in [5, 5.41) is 29.7. The van der Waals surface area contributed by atoms with E-state index in [0.29, 0.717) is 0 Å². The lowest BCUT2D eigenvalue weighted by Gasteiger charge is -2.16. The number of hydrogen-bond donors (Lipinski definition) is 4. The average molecular weight is 417 g/mol. The third kappa shape index (κ3) is 5.29. The molecule has 154 valence electrons. The molecule has 0 fully saturated rings. The molecule has 2 aromatic carbocycles. The van der Waals surface area contributed by atoms with Crippen molar-refractivity contribution in [2.75, 3.05) is 18.1 Å². The number of aliphatic hydroxyl groups excluding tert-OH is 2. The Morgan fingerprint density at radius 3 is 2.62 bits per heavy atom. The van der Waals surface area contributed by atoms with Crippen molar-refractivity contribution in [3.05, 3.63) is 59.2 Å².